The lowest BCUT2D eigenvalue weighted by Crippen LogP contribution is -2.43. The highest BCUT2D eigenvalue weighted by molar-refractivity contribution is 6.12. The fraction of sp³-hybridized carbons (Fsp3) is 0.304. The second kappa shape index (κ2) is 6.01. The number of amides is 1. The summed E-state index contributed by atoms with van der Waals surface area (Å²) in [5, 5.41) is 13.6. The van der Waals surface area contributed by atoms with Crippen molar-refractivity contribution in [2.24, 2.45) is 11.1 Å². The minimum atomic E-state index is -0.558. The van der Waals surface area contributed by atoms with Crippen LogP contribution < -0.4 is 11.3 Å². The molecule has 0 aliphatic heterocycles. The summed E-state index contributed by atoms with van der Waals surface area (Å²) in [6.07, 6.45) is 6.11. The van der Waals surface area contributed by atoms with E-state index < -0.39 is 5.91 Å². The van der Waals surface area contributed by atoms with Gasteiger partial charge in [-0.1, -0.05) is 36.8 Å². The number of aromatic nitrogens is 4. The van der Waals surface area contributed by atoms with Gasteiger partial charge < -0.3 is 5.73 Å². The number of aromatic amines is 1. The van der Waals surface area contributed by atoms with E-state index in [1.807, 2.05) is 41.1 Å². The van der Waals surface area contributed by atoms with E-state index in [9.17, 15) is 9.59 Å². The Balaban J connectivity index is 1.59. The van der Waals surface area contributed by atoms with E-state index in [0.717, 1.165) is 29.3 Å². The Morgan fingerprint density at radius 1 is 1.10 bits per heavy atom. The number of carbonyl (C=O) groups excluding carboxylic acids is 1. The largest absolute Gasteiger partial charge is 0.364 e. The van der Waals surface area contributed by atoms with E-state index in [0.29, 0.717) is 21.9 Å². The average molecular weight is 399 g/mol. The number of carbonyl (C=O) groups is 1. The molecule has 0 atom stereocenters. The van der Waals surface area contributed by atoms with Crippen LogP contribution in [0.2, 0.25) is 0 Å². The minimum Gasteiger partial charge on any atom is -0.364 e. The maximum Gasteiger partial charge on any atom is 0.272 e. The Hall–Kier alpha value is -3.48. The Bertz CT molecular complexity index is 1390. The van der Waals surface area contributed by atoms with Gasteiger partial charge in [-0.05, 0) is 43.2 Å². The second-order valence-corrected chi connectivity index (χ2v) is 8.72. The first kappa shape index (κ1) is 17.4. The van der Waals surface area contributed by atoms with Crippen molar-refractivity contribution in [2.45, 2.75) is 38.1 Å². The van der Waals surface area contributed by atoms with Crippen LogP contribution in [0.15, 0.2) is 47.3 Å². The number of H-pyrrole nitrogens is 1. The first-order valence-corrected chi connectivity index (χ1v) is 10.4. The Kier molecular flexibility index (Phi) is 3.48. The summed E-state index contributed by atoms with van der Waals surface area (Å²) in [5.74, 6) is -0.558. The van der Waals surface area contributed by atoms with Crippen LogP contribution in [0.3, 0.4) is 0 Å². The van der Waals surface area contributed by atoms with Crippen LogP contribution in [0.5, 0.6) is 0 Å². The van der Waals surface area contributed by atoms with E-state index in [-0.39, 0.29) is 17.3 Å². The predicted molar refractivity (Wildman–Crippen MR) is 114 cm³/mol. The number of primary amides is 1. The standard InChI is InChI=1S/C23H21N5O2/c24-21(29)20-18-16(19-14-5-1-2-6-15(14)22(30)26-25-19)7-3-8-17(18)28(27-20)13-11-23(12-13)9-4-10-23/h1-3,5-8,13H,4,9-12H2,(H2,24,29)(H,26,30). The highest BCUT2D eigenvalue weighted by atomic mass is 16.1. The second-order valence-electron chi connectivity index (χ2n) is 8.72. The van der Waals surface area contributed by atoms with Crippen LogP contribution in [-0.4, -0.2) is 25.9 Å². The molecule has 0 unspecified atom stereocenters. The smallest absolute Gasteiger partial charge is 0.272 e. The summed E-state index contributed by atoms with van der Waals surface area (Å²) in [7, 11) is 0. The van der Waals surface area contributed by atoms with Crippen molar-refractivity contribution in [3.63, 3.8) is 0 Å². The molecule has 1 spiro atoms. The molecule has 0 radical (unpaired) electrons. The molecule has 150 valence electrons. The summed E-state index contributed by atoms with van der Waals surface area (Å²) in [6, 6.07) is 13.5. The van der Waals surface area contributed by atoms with Crippen LogP contribution in [0.25, 0.3) is 32.9 Å². The maximum atomic E-state index is 12.3. The van der Waals surface area contributed by atoms with Crippen LogP contribution in [-0.2, 0) is 0 Å². The van der Waals surface area contributed by atoms with Crippen molar-refractivity contribution in [1.29, 1.82) is 0 Å². The lowest BCUT2D eigenvalue weighted by atomic mass is 9.54. The van der Waals surface area contributed by atoms with Crippen molar-refractivity contribution in [1.82, 2.24) is 20.0 Å². The van der Waals surface area contributed by atoms with Crippen molar-refractivity contribution in [2.75, 3.05) is 0 Å². The fourth-order valence-electron chi connectivity index (χ4n) is 5.36. The molecule has 2 aromatic heterocycles. The summed E-state index contributed by atoms with van der Waals surface area (Å²) in [4.78, 5) is 24.5. The molecule has 2 fully saturated rings. The van der Waals surface area contributed by atoms with E-state index >= 15 is 0 Å². The molecular formula is C23H21N5O2. The van der Waals surface area contributed by atoms with Gasteiger partial charge in [0.15, 0.2) is 5.69 Å². The maximum absolute atomic E-state index is 12.3. The highest BCUT2D eigenvalue weighted by Gasteiger charge is 2.49. The van der Waals surface area contributed by atoms with Gasteiger partial charge in [0, 0.05) is 16.3 Å². The monoisotopic (exact) mass is 399 g/mol. The number of hydrogen-bond donors (Lipinski definition) is 2. The third-order valence-electron chi connectivity index (χ3n) is 7.02. The molecule has 6 rings (SSSR count). The van der Waals surface area contributed by atoms with Crippen LogP contribution in [0.1, 0.15) is 48.6 Å². The van der Waals surface area contributed by atoms with Gasteiger partial charge in [0.05, 0.1) is 22.6 Å². The number of hydrogen-bond acceptors (Lipinski definition) is 4. The molecule has 0 bridgehead atoms. The first-order valence-electron chi connectivity index (χ1n) is 10.4. The normalized spacial score (nSPS) is 17.9. The lowest BCUT2D eigenvalue weighted by Gasteiger charge is -2.54. The third-order valence-corrected chi connectivity index (χ3v) is 7.02. The Morgan fingerprint density at radius 3 is 2.57 bits per heavy atom. The van der Waals surface area contributed by atoms with Gasteiger partial charge >= 0.3 is 0 Å². The summed E-state index contributed by atoms with van der Waals surface area (Å²) < 4.78 is 1.98. The Morgan fingerprint density at radius 2 is 1.87 bits per heavy atom. The number of benzene rings is 2. The Labute approximate surface area is 171 Å². The fourth-order valence-corrected chi connectivity index (χ4v) is 5.36. The van der Waals surface area contributed by atoms with Gasteiger partial charge in [-0.25, -0.2) is 5.10 Å². The molecule has 0 saturated heterocycles. The SMILES string of the molecule is NC(=O)c1nn(C2CC3(CCC3)C2)c2cccc(-c3n[nH]c(=O)c4ccccc34)c12. The summed E-state index contributed by atoms with van der Waals surface area (Å²) >= 11 is 0. The average Bonchev–Trinajstić information content (AvgIpc) is 3.07. The molecule has 2 aliphatic rings. The third kappa shape index (κ3) is 2.32. The van der Waals surface area contributed by atoms with E-state index in [1.54, 1.807) is 6.07 Å². The first-order chi connectivity index (χ1) is 14.6. The molecule has 1 amide bonds. The zero-order valence-corrected chi connectivity index (χ0v) is 16.4. The lowest BCUT2D eigenvalue weighted by molar-refractivity contribution is -0.0203. The van der Waals surface area contributed by atoms with Crippen molar-refractivity contribution >= 4 is 27.6 Å². The molecule has 2 saturated carbocycles. The number of nitrogens with two attached hydrogens (primary N) is 1. The van der Waals surface area contributed by atoms with Gasteiger partial charge in [-0.2, -0.15) is 10.2 Å². The van der Waals surface area contributed by atoms with E-state index in [4.69, 9.17) is 5.73 Å². The van der Waals surface area contributed by atoms with Gasteiger partial charge in [0.25, 0.3) is 11.5 Å². The predicted octanol–water partition coefficient (Wildman–Crippen LogP) is 3.54. The van der Waals surface area contributed by atoms with Gasteiger partial charge in [-0.3, -0.25) is 14.3 Å². The summed E-state index contributed by atoms with van der Waals surface area (Å²) in [5.41, 5.74) is 8.49. The van der Waals surface area contributed by atoms with Crippen molar-refractivity contribution in [3.05, 3.63) is 58.5 Å². The van der Waals surface area contributed by atoms with Crippen molar-refractivity contribution < 1.29 is 4.79 Å². The van der Waals surface area contributed by atoms with E-state index in [2.05, 4.69) is 15.3 Å². The van der Waals surface area contributed by atoms with Crippen molar-refractivity contribution in [3.8, 4) is 11.3 Å². The molecule has 2 aliphatic carbocycles. The number of fused-ring (bicyclic) bond motifs is 2. The molecule has 4 aromatic rings. The molecule has 2 aromatic carbocycles. The minimum absolute atomic E-state index is 0.243. The molecular weight excluding hydrogens is 378 g/mol. The molecule has 3 N–H and O–H groups in total. The highest BCUT2D eigenvalue weighted by Crippen LogP contribution is 2.60. The quantitative estimate of drug-likeness (QED) is 0.549. The number of nitrogens with zero attached hydrogens (tertiary/aromatic N) is 3. The number of nitrogens with one attached hydrogen (secondary N) is 1. The molecule has 2 heterocycles. The number of rotatable bonds is 3. The van der Waals surface area contributed by atoms with E-state index in [1.165, 1.54) is 19.3 Å². The van der Waals surface area contributed by atoms with Crippen LogP contribution in [0.4, 0.5) is 0 Å². The van der Waals surface area contributed by atoms with Gasteiger partial charge in [0.1, 0.15) is 0 Å². The topological polar surface area (TPSA) is 107 Å². The zero-order chi connectivity index (χ0) is 20.5. The summed E-state index contributed by atoms with van der Waals surface area (Å²) in [6.45, 7) is 0. The van der Waals surface area contributed by atoms with Gasteiger partial charge in [0.2, 0.25) is 0 Å². The molecule has 7 heteroatoms. The molecule has 30 heavy (non-hydrogen) atoms. The zero-order valence-electron chi connectivity index (χ0n) is 16.4. The van der Waals surface area contributed by atoms with Gasteiger partial charge in [-0.15, -0.1) is 0 Å². The van der Waals surface area contributed by atoms with Crippen LogP contribution >= 0.6 is 0 Å². The molecule has 7 nitrogen and oxygen atoms in total. The van der Waals surface area contributed by atoms with Crippen LogP contribution in [0, 0.1) is 5.41 Å².